The van der Waals surface area contributed by atoms with E-state index in [0.29, 0.717) is 13.1 Å². The quantitative estimate of drug-likeness (QED) is 0.512. The molecule has 1 aromatic carbocycles. The van der Waals surface area contributed by atoms with Crippen LogP contribution in [0.5, 0.6) is 0 Å². The Morgan fingerprint density at radius 3 is 2.45 bits per heavy atom. The molecule has 2 heterocycles. The lowest BCUT2D eigenvalue weighted by molar-refractivity contribution is -0.142. The monoisotopic (exact) mass is 455 g/mol. The molecule has 0 aliphatic carbocycles. The summed E-state index contributed by atoms with van der Waals surface area (Å²) < 4.78 is 0. The average Bonchev–Trinajstić information content (AvgIpc) is 3.31. The van der Waals surface area contributed by atoms with Crippen LogP contribution in [0.2, 0.25) is 0 Å². The van der Waals surface area contributed by atoms with Gasteiger partial charge in [0.1, 0.15) is 6.04 Å². The topological polar surface area (TPSA) is 110 Å². The molecule has 2 aromatic rings. The van der Waals surface area contributed by atoms with E-state index in [1.165, 1.54) is 4.90 Å². The molecular formula is C25H37N5O3. The van der Waals surface area contributed by atoms with Crippen LogP contribution in [0.15, 0.2) is 24.3 Å². The maximum atomic E-state index is 13.3. The number of hydrogen-bond acceptors (Lipinski definition) is 5. The van der Waals surface area contributed by atoms with Crippen molar-refractivity contribution in [2.45, 2.75) is 72.7 Å². The summed E-state index contributed by atoms with van der Waals surface area (Å²) in [6.45, 7) is 13.1. The Labute approximate surface area is 196 Å². The summed E-state index contributed by atoms with van der Waals surface area (Å²) >= 11 is 0. The molecule has 180 valence electrons. The van der Waals surface area contributed by atoms with Gasteiger partial charge in [0.15, 0.2) is 0 Å². The molecule has 1 fully saturated rings. The molecule has 1 aromatic heterocycles. The van der Waals surface area contributed by atoms with Crippen LogP contribution in [0.3, 0.4) is 0 Å². The number of likely N-dealkylation sites (N-methyl/N-ethyl adjacent to an activating group) is 1. The molecular weight excluding hydrogens is 418 g/mol. The van der Waals surface area contributed by atoms with Crippen LogP contribution in [-0.4, -0.2) is 63.3 Å². The maximum Gasteiger partial charge on any atom is 0.243 e. The number of aromatic amines is 1. The van der Waals surface area contributed by atoms with E-state index in [9.17, 15) is 14.7 Å². The van der Waals surface area contributed by atoms with Gasteiger partial charge in [0.2, 0.25) is 11.8 Å². The van der Waals surface area contributed by atoms with Crippen LogP contribution in [0.1, 0.15) is 51.1 Å². The highest BCUT2D eigenvalue weighted by atomic mass is 16.3. The van der Waals surface area contributed by atoms with Crippen molar-refractivity contribution in [3.8, 4) is 11.1 Å². The third-order valence-corrected chi connectivity index (χ3v) is 6.22. The number of rotatable bonds is 7. The predicted molar refractivity (Wildman–Crippen MR) is 128 cm³/mol. The second kappa shape index (κ2) is 10.1. The molecule has 33 heavy (non-hydrogen) atoms. The van der Waals surface area contributed by atoms with Gasteiger partial charge in [-0.2, -0.15) is 5.10 Å². The summed E-state index contributed by atoms with van der Waals surface area (Å²) in [5, 5.41) is 23.7. The minimum absolute atomic E-state index is 0.142. The number of H-pyrrole nitrogens is 1. The van der Waals surface area contributed by atoms with E-state index in [2.05, 4.69) is 20.8 Å². The van der Waals surface area contributed by atoms with Gasteiger partial charge in [-0.25, -0.2) is 0 Å². The summed E-state index contributed by atoms with van der Waals surface area (Å²) in [4.78, 5) is 27.8. The number of nitrogens with one attached hydrogen (secondary N) is 3. The van der Waals surface area contributed by atoms with E-state index in [1.807, 2.05) is 65.8 Å². The predicted octanol–water partition coefficient (Wildman–Crippen LogP) is 2.30. The van der Waals surface area contributed by atoms with Gasteiger partial charge < -0.3 is 20.6 Å². The minimum atomic E-state index is -0.701. The molecule has 1 aliphatic rings. The lowest BCUT2D eigenvalue weighted by Crippen LogP contribution is -2.56. The maximum absolute atomic E-state index is 13.3. The van der Waals surface area contributed by atoms with Crippen molar-refractivity contribution in [2.75, 3.05) is 13.1 Å². The minimum Gasteiger partial charge on any atom is -0.391 e. The fourth-order valence-corrected chi connectivity index (χ4v) is 4.51. The number of carbonyl (C=O) groups excluding carboxylic acids is 2. The number of aliphatic hydroxyl groups excluding tert-OH is 1. The first-order valence-electron chi connectivity index (χ1n) is 11.6. The summed E-state index contributed by atoms with van der Waals surface area (Å²) in [6, 6.07) is 6.90. The molecule has 3 rings (SSSR count). The number of aromatic nitrogens is 2. The Hall–Kier alpha value is -2.71. The Bertz CT molecular complexity index is 957. The lowest BCUT2D eigenvalue weighted by atomic mass is 9.85. The summed E-state index contributed by atoms with van der Waals surface area (Å²) in [5.74, 6) is -0.383. The third kappa shape index (κ3) is 5.62. The molecule has 0 spiro atoms. The number of aliphatic hydroxyl groups is 1. The number of benzene rings is 1. The molecule has 0 unspecified atom stereocenters. The van der Waals surface area contributed by atoms with Crippen LogP contribution in [0, 0.1) is 19.3 Å². The van der Waals surface area contributed by atoms with Crippen molar-refractivity contribution in [3.63, 3.8) is 0 Å². The van der Waals surface area contributed by atoms with Crippen molar-refractivity contribution in [2.24, 2.45) is 5.41 Å². The van der Waals surface area contributed by atoms with Gasteiger partial charge in [0.25, 0.3) is 0 Å². The molecule has 1 saturated heterocycles. The highest BCUT2D eigenvalue weighted by Crippen LogP contribution is 2.27. The first kappa shape index (κ1) is 24.9. The van der Waals surface area contributed by atoms with Crippen LogP contribution in [0.25, 0.3) is 11.1 Å². The van der Waals surface area contributed by atoms with Crippen molar-refractivity contribution in [1.82, 2.24) is 25.7 Å². The van der Waals surface area contributed by atoms with Crippen molar-refractivity contribution >= 4 is 11.8 Å². The zero-order chi connectivity index (χ0) is 24.3. The SMILES string of the molecule is CCN[C@H](C(=O)N1C[C@H](O)C[C@H]1C(=O)NCc1ccc(-c2c(C)n[nH]c2C)cc1)C(C)(C)C. The molecule has 0 bridgehead atoms. The second-order valence-electron chi connectivity index (χ2n) is 9.98. The van der Waals surface area contributed by atoms with E-state index >= 15 is 0 Å². The standard InChI is InChI=1S/C25H37N5O3/c1-7-26-22(25(4,5)6)24(33)30-14-19(31)12-20(30)23(32)27-13-17-8-10-18(11-9-17)21-15(2)28-29-16(21)3/h8-11,19-20,22,26,31H,7,12-14H2,1-6H3,(H,27,32)(H,28,29)/t19-,20+,22-/m1/s1. The first-order valence-corrected chi connectivity index (χ1v) is 11.6. The smallest absolute Gasteiger partial charge is 0.243 e. The highest BCUT2D eigenvalue weighted by molar-refractivity contribution is 5.91. The summed E-state index contributed by atoms with van der Waals surface area (Å²) in [5.41, 5.74) is 4.78. The molecule has 3 atom stereocenters. The molecule has 0 radical (unpaired) electrons. The lowest BCUT2D eigenvalue weighted by Gasteiger charge is -2.35. The van der Waals surface area contributed by atoms with Crippen LogP contribution >= 0.6 is 0 Å². The number of carbonyl (C=O) groups is 2. The van der Waals surface area contributed by atoms with Crippen molar-refractivity contribution in [1.29, 1.82) is 0 Å². The van der Waals surface area contributed by atoms with E-state index in [-0.39, 0.29) is 30.2 Å². The fraction of sp³-hybridized carbons (Fsp3) is 0.560. The number of nitrogens with zero attached hydrogens (tertiary/aromatic N) is 2. The molecule has 4 N–H and O–H groups in total. The third-order valence-electron chi connectivity index (χ3n) is 6.22. The average molecular weight is 456 g/mol. The van der Waals surface area contributed by atoms with E-state index in [0.717, 1.165) is 28.1 Å². The Morgan fingerprint density at radius 2 is 1.91 bits per heavy atom. The zero-order valence-corrected chi connectivity index (χ0v) is 20.5. The highest BCUT2D eigenvalue weighted by Gasteiger charge is 2.43. The van der Waals surface area contributed by atoms with E-state index in [4.69, 9.17) is 0 Å². The largest absolute Gasteiger partial charge is 0.391 e. The normalized spacial score (nSPS) is 19.5. The van der Waals surface area contributed by atoms with Gasteiger partial charge in [0, 0.05) is 30.8 Å². The van der Waals surface area contributed by atoms with Crippen LogP contribution in [-0.2, 0) is 16.1 Å². The van der Waals surface area contributed by atoms with Gasteiger partial charge in [-0.05, 0) is 36.9 Å². The van der Waals surface area contributed by atoms with Gasteiger partial charge in [-0.3, -0.25) is 14.7 Å². The molecule has 1 aliphatic heterocycles. The number of hydrogen-bond donors (Lipinski definition) is 4. The summed E-state index contributed by atoms with van der Waals surface area (Å²) in [7, 11) is 0. The Balaban J connectivity index is 1.67. The number of β-amino-alcohol motifs (C(OH)–C–C–N with tert-alkyl or cyclic N) is 1. The van der Waals surface area contributed by atoms with Crippen molar-refractivity contribution in [3.05, 3.63) is 41.2 Å². The van der Waals surface area contributed by atoms with Gasteiger partial charge >= 0.3 is 0 Å². The Kier molecular flexibility index (Phi) is 7.59. The fourth-order valence-electron chi connectivity index (χ4n) is 4.51. The van der Waals surface area contributed by atoms with Gasteiger partial charge in [-0.1, -0.05) is 52.0 Å². The van der Waals surface area contributed by atoms with Crippen LogP contribution in [0.4, 0.5) is 0 Å². The van der Waals surface area contributed by atoms with Gasteiger partial charge in [0.05, 0.1) is 17.8 Å². The second-order valence-corrected chi connectivity index (χ2v) is 9.98. The number of aryl methyl sites for hydroxylation is 2. The van der Waals surface area contributed by atoms with Gasteiger partial charge in [-0.15, -0.1) is 0 Å². The molecule has 0 saturated carbocycles. The first-order chi connectivity index (χ1) is 15.5. The summed E-state index contributed by atoms with van der Waals surface area (Å²) in [6.07, 6.45) is -0.453. The number of amides is 2. The van der Waals surface area contributed by atoms with E-state index in [1.54, 1.807) is 0 Å². The van der Waals surface area contributed by atoms with Crippen LogP contribution < -0.4 is 10.6 Å². The number of likely N-dealkylation sites (tertiary alicyclic amines) is 1. The molecule has 8 nitrogen and oxygen atoms in total. The Morgan fingerprint density at radius 1 is 1.24 bits per heavy atom. The molecule has 2 amide bonds. The van der Waals surface area contributed by atoms with E-state index < -0.39 is 18.2 Å². The zero-order valence-electron chi connectivity index (χ0n) is 20.5. The van der Waals surface area contributed by atoms with Crippen molar-refractivity contribution < 1.29 is 14.7 Å². The molecule has 8 heteroatoms.